The zero-order chi connectivity index (χ0) is 24.0. The molecule has 0 aromatic heterocycles. The maximum Gasteiger partial charge on any atom is 0.263 e. The van der Waals surface area contributed by atoms with E-state index in [1.165, 1.54) is 24.3 Å². The van der Waals surface area contributed by atoms with E-state index in [9.17, 15) is 23.3 Å². The van der Waals surface area contributed by atoms with E-state index in [2.05, 4.69) is 4.72 Å². The number of benzene rings is 2. The van der Waals surface area contributed by atoms with Crippen LogP contribution in [0.5, 0.6) is 0 Å². The van der Waals surface area contributed by atoms with Crippen molar-refractivity contribution in [2.75, 3.05) is 17.9 Å². The lowest BCUT2D eigenvalue weighted by Crippen LogP contribution is -2.43. The Morgan fingerprint density at radius 2 is 1.61 bits per heavy atom. The number of carbonyl (C=O) groups excluding carboxylic acids is 2. The molecule has 172 valence electrons. The number of carbonyl (C=O) groups is 2. The zero-order valence-electron chi connectivity index (χ0n) is 18.7. The van der Waals surface area contributed by atoms with Crippen LogP contribution in [0.1, 0.15) is 65.5 Å². The molecule has 0 bridgehead atoms. The van der Waals surface area contributed by atoms with E-state index < -0.39 is 21.8 Å². The minimum Gasteiger partial charge on any atom is -0.381 e. The summed E-state index contributed by atoms with van der Waals surface area (Å²) in [5, 5.41) is 9.50. The van der Waals surface area contributed by atoms with Crippen molar-refractivity contribution in [2.45, 2.75) is 50.0 Å². The summed E-state index contributed by atoms with van der Waals surface area (Å²) in [6.45, 7) is 6.94. The van der Waals surface area contributed by atoms with Gasteiger partial charge in [0.25, 0.3) is 21.8 Å². The van der Waals surface area contributed by atoms with Crippen LogP contribution >= 0.6 is 0 Å². The van der Waals surface area contributed by atoms with Crippen LogP contribution in [0.3, 0.4) is 0 Å². The number of sulfonamides is 1. The molecule has 0 saturated carbocycles. The number of hydrogen-bond acceptors (Lipinski definition) is 6. The minimum atomic E-state index is -4.03. The zero-order valence-corrected chi connectivity index (χ0v) is 19.5. The molecule has 0 spiro atoms. The third-order valence-corrected chi connectivity index (χ3v) is 7.40. The Morgan fingerprint density at radius 1 is 1.00 bits per heavy atom. The first-order valence-electron chi connectivity index (χ1n) is 10.7. The second-order valence-electron chi connectivity index (χ2n) is 9.23. The molecule has 4 rings (SSSR count). The Kier molecular flexibility index (Phi) is 5.76. The van der Waals surface area contributed by atoms with Crippen LogP contribution in [0, 0.1) is 11.3 Å². The van der Waals surface area contributed by atoms with Gasteiger partial charge in [-0.2, -0.15) is 5.26 Å². The quantitative estimate of drug-likeness (QED) is 0.689. The number of nitriles is 1. The van der Waals surface area contributed by atoms with Gasteiger partial charge in [0.1, 0.15) is 0 Å². The Morgan fingerprint density at radius 3 is 2.18 bits per heavy atom. The predicted molar refractivity (Wildman–Crippen MR) is 121 cm³/mol. The highest BCUT2D eigenvalue weighted by atomic mass is 32.2. The largest absolute Gasteiger partial charge is 0.381 e. The Bertz CT molecular complexity index is 1260. The van der Waals surface area contributed by atoms with Gasteiger partial charge in [-0.1, -0.05) is 32.9 Å². The van der Waals surface area contributed by atoms with Crippen LogP contribution in [0.2, 0.25) is 0 Å². The van der Waals surface area contributed by atoms with Gasteiger partial charge in [-0.25, -0.2) is 8.42 Å². The van der Waals surface area contributed by atoms with Crippen molar-refractivity contribution < 1.29 is 22.7 Å². The van der Waals surface area contributed by atoms with Crippen LogP contribution in [0.15, 0.2) is 41.3 Å². The van der Waals surface area contributed by atoms with E-state index in [0.717, 1.165) is 10.5 Å². The van der Waals surface area contributed by atoms with Gasteiger partial charge in [0.05, 0.1) is 33.3 Å². The van der Waals surface area contributed by atoms with E-state index in [1.54, 1.807) is 12.1 Å². The van der Waals surface area contributed by atoms with Crippen LogP contribution in [-0.2, 0) is 20.2 Å². The standard InChI is InChI=1S/C24H25N3O5S/c1-24(2,3)16-5-7-18(8-6-16)33(30,31)26-19-9-4-15(14-25)20-21(19)23(29)27(22(20)28)17-10-12-32-13-11-17/h4-9,17,26H,10-13H2,1-3H3. The molecule has 8 nitrogen and oxygen atoms in total. The first-order valence-corrected chi connectivity index (χ1v) is 12.2. The minimum absolute atomic E-state index is 0.0168. The smallest absolute Gasteiger partial charge is 0.263 e. The molecule has 2 aromatic rings. The fourth-order valence-corrected chi connectivity index (χ4v) is 5.24. The number of amides is 2. The average Bonchev–Trinajstić information content (AvgIpc) is 3.05. The molecule has 1 N–H and O–H groups in total. The Balaban J connectivity index is 1.72. The molecule has 9 heteroatoms. The molecule has 33 heavy (non-hydrogen) atoms. The van der Waals surface area contributed by atoms with Crippen molar-refractivity contribution in [3.63, 3.8) is 0 Å². The van der Waals surface area contributed by atoms with Crippen molar-refractivity contribution in [2.24, 2.45) is 0 Å². The van der Waals surface area contributed by atoms with E-state index in [1.807, 2.05) is 26.8 Å². The summed E-state index contributed by atoms with van der Waals surface area (Å²) in [7, 11) is -4.03. The lowest BCUT2D eigenvalue weighted by Gasteiger charge is -2.29. The van der Waals surface area contributed by atoms with Gasteiger partial charge in [-0.3, -0.25) is 19.2 Å². The topological polar surface area (TPSA) is 117 Å². The van der Waals surface area contributed by atoms with Gasteiger partial charge in [0.2, 0.25) is 0 Å². The van der Waals surface area contributed by atoms with Gasteiger partial charge in [0.15, 0.2) is 0 Å². The van der Waals surface area contributed by atoms with Crippen molar-refractivity contribution >= 4 is 27.5 Å². The highest BCUT2D eigenvalue weighted by Crippen LogP contribution is 2.36. The molecule has 2 heterocycles. The lowest BCUT2D eigenvalue weighted by atomic mass is 9.87. The van der Waals surface area contributed by atoms with E-state index in [4.69, 9.17) is 4.74 Å². The molecule has 0 unspecified atom stereocenters. The summed E-state index contributed by atoms with van der Waals surface area (Å²) in [4.78, 5) is 27.6. The van der Waals surface area contributed by atoms with Gasteiger partial charge >= 0.3 is 0 Å². The van der Waals surface area contributed by atoms with E-state index in [-0.39, 0.29) is 38.7 Å². The molecule has 0 aliphatic carbocycles. The maximum atomic E-state index is 13.3. The molecule has 2 amide bonds. The second-order valence-corrected chi connectivity index (χ2v) is 10.9. The highest BCUT2D eigenvalue weighted by Gasteiger charge is 2.44. The van der Waals surface area contributed by atoms with Gasteiger partial charge in [-0.05, 0) is 48.1 Å². The number of ether oxygens (including phenoxy) is 1. The first kappa shape index (κ1) is 23.0. The molecular weight excluding hydrogens is 442 g/mol. The molecule has 2 aromatic carbocycles. The van der Waals surface area contributed by atoms with Crippen molar-refractivity contribution in [3.8, 4) is 6.07 Å². The number of hydrogen-bond donors (Lipinski definition) is 1. The third-order valence-electron chi connectivity index (χ3n) is 6.02. The number of fused-ring (bicyclic) bond motifs is 1. The summed E-state index contributed by atoms with van der Waals surface area (Å²) in [6, 6.07) is 10.8. The summed E-state index contributed by atoms with van der Waals surface area (Å²) in [6.07, 6.45) is 0.989. The fourth-order valence-electron chi connectivity index (χ4n) is 4.17. The van der Waals surface area contributed by atoms with Crippen molar-refractivity contribution in [3.05, 3.63) is 58.7 Å². The molecule has 1 fully saturated rings. The van der Waals surface area contributed by atoms with Gasteiger partial charge in [0, 0.05) is 19.3 Å². The Hall–Kier alpha value is -3.22. The summed E-state index contributed by atoms with van der Waals surface area (Å²) in [5.74, 6) is -1.17. The van der Waals surface area contributed by atoms with E-state index >= 15 is 0 Å². The van der Waals surface area contributed by atoms with Gasteiger partial charge < -0.3 is 4.74 Å². The molecule has 2 aliphatic heterocycles. The lowest BCUT2D eigenvalue weighted by molar-refractivity contribution is 0.0295. The first-order chi connectivity index (χ1) is 15.5. The van der Waals surface area contributed by atoms with Crippen LogP contribution in [0.4, 0.5) is 5.69 Å². The summed E-state index contributed by atoms with van der Waals surface area (Å²) >= 11 is 0. The maximum absolute atomic E-state index is 13.3. The van der Waals surface area contributed by atoms with Crippen LogP contribution < -0.4 is 4.72 Å². The number of nitrogens with one attached hydrogen (secondary N) is 1. The second kappa shape index (κ2) is 8.28. The average molecular weight is 468 g/mol. The monoisotopic (exact) mass is 467 g/mol. The SMILES string of the molecule is CC(C)(C)c1ccc(S(=O)(=O)Nc2ccc(C#N)c3c2C(=O)N(C2CCOCC2)C3=O)cc1. The summed E-state index contributed by atoms with van der Waals surface area (Å²) in [5.41, 5.74) is 0.725. The number of imide groups is 1. The number of rotatable bonds is 4. The fraction of sp³-hybridized carbons (Fsp3) is 0.375. The highest BCUT2D eigenvalue weighted by molar-refractivity contribution is 7.92. The van der Waals surface area contributed by atoms with Gasteiger partial charge in [-0.15, -0.1) is 0 Å². The predicted octanol–water partition coefficient (Wildman–Crippen LogP) is 3.43. The molecule has 0 atom stereocenters. The van der Waals surface area contributed by atoms with Crippen molar-refractivity contribution in [1.29, 1.82) is 5.26 Å². The number of nitrogens with zero attached hydrogens (tertiary/aromatic N) is 2. The normalized spacial score (nSPS) is 17.1. The third kappa shape index (κ3) is 4.12. The molecule has 2 aliphatic rings. The van der Waals surface area contributed by atoms with Crippen molar-refractivity contribution in [1.82, 2.24) is 4.90 Å². The number of anilines is 1. The van der Waals surface area contributed by atoms with Crippen LogP contribution in [0.25, 0.3) is 0 Å². The van der Waals surface area contributed by atoms with E-state index in [0.29, 0.717) is 26.1 Å². The molecule has 0 radical (unpaired) electrons. The molecular formula is C24H25N3O5S. The summed E-state index contributed by atoms with van der Waals surface area (Å²) < 4.78 is 34.0. The molecule has 1 saturated heterocycles. The Labute approximate surface area is 193 Å². The van der Waals surface area contributed by atoms with Crippen LogP contribution in [-0.4, -0.2) is 44.4 Å².